The van der Waals surface area contributed by atoms with Gasteiger partial charge in [0.05, 0.1) is 0 Å². The van der Waals surface area contributed by atoms with Gasteiger partial charge in [0.15, 0.2) is 11.5 Å². The van der Waals surface area contributed by atoms with Gasteiger partial charge in [0.1, 0.15) is 11.8 Å². The van der Waals surface area contributed by atoms with Gasteiger partial charge in [-0.05, 0) is 0 Å². The molecule has 2 aromatic heterocycles. The van der Waals surface area contributed by atoms with Crippen LogP contribution in [0.5, 0.6) is 0 Å². The van der Waals surface area contributed by atoms with E-state index in [0.717, 1.165) is 4.90 Å². The largest absolute Gasteiger partial charge is 0.303 e. The summed E-state index contributed by atoms with van der Waals surface area (Å²) in [5, 5.41) is 0. The van der Waals surface area contributed by atoms with E-state index < -0.39 is 11.8 Å². The molecule has 0 aromatic carbocycles. The van der Waals surface area contributed by atoms with E-state index in [1.807, 2.05) is 0 Å². The van der Waals surface area contributed by atoms with Gasteiger partial charge in [-0.25, -0.2) is 14.9 Å². The van der Waals surface area contributed by atoms with Crippen LogP contribution < -0.4 is 9.80 Å². The van der Waals surface area contributed by atoms with Gasteiger partial charge in [0.25, 0.3) is 0 Å². The summed E-state index contributed by atoms with van der Waals surface area (Å²) in [7, 11) is 0. The number of carbonyl (C=O) groups excluding carboxylic acids is 3. The highest BCUT2D eigenvalue weighted by atomic mass is 16.2. The Bertz CT molecular complexity index is 797. The van der Waals surface area contributed by atoms with E-state index in [1.54, 1.807) is 4.57 Å². The highest BCUT2D eigenvalue weighted by Gasteiger charge is 2.31. The van der Waals surface area contributed by atoms with Crippen LogP contribution in [-0.2, 0) is 20.9 Å². The standard InChI is InChI=1S/C13H14N6O3/c1-7(20)17-4-5-18-10-11(16-13(17)18)14-6-15-12(10)19(8(2)21)9(3)22/h6H,4-5H2,1-3H3. The summed E-state index contributed by atoms with van der Waals surface area (Å²) in [6.07, 6.45) is 1.25. The number of anilines is 2. The quantitative estimate of drug-likeness (QED) is 0.740. The fourth-order valence-electron chi connectivity index (χ4n) is 2.64. The van der Waals surface area contributed by atoms with Gasteiger partial charge in [0.2, 0.25) is 23.7 Å². The third-order valence-electron chi connectivity index (χ3n) is 3.51. The molecular weight excluding hydrogens is 288 g/mol. The van der Waals surface area contributed by atoms with Gasteiger partial charge in [-0.2, -0.15) is 4.98 Å². The molecule has 1 aliphatic rings. The maximum absolute atomic E-state index is 11.8. The van der Waals surface area contributed by atoms with Crippen LogP contribution in [0.4, 0.5) is 11.8 Å². The van der Waals surface area contributed by atoms with Gasteiger partial charge in [-0.15, -0.1) is 0 Å². The van der Waals surface area contributed by atoms with Crippen molar-refractivity contribution in [3.05, 3.63) is 6.33 Å². The fraction of sp³-hybridized carbons (Fsp3) is 0.385. The lowest BCUT2D eigenvalue weighted by Gasteiger charge is -2.16. The van der Waals surface area contributed by atoms with Gasteiger partial charge < -0.3 is 4.57 Å². The summed E-state index contributed by atoms with van der Waals surface area (Å²) >= 11 is 0. The minimum atomic E-state index is -0.440. The van der Waals surface area contributed by atoms with E-state index >= 15 is 0 Å². The van der Waals surface area contributed by atoms with E-state index in [-0.39, 0.29) is 11.7 Å². The molecule has 0 unspecified atom stereocenters. The fourth-order valence-corrected chi connectivity index (χ4v) is 2.64. The number of amides is 3. The van der Waals surface area contributed by atoms with Crippen molar-refractivity contribution in [2.45, 2.75) is 27.3 Å². The Kier molecular flexibility index (Phi) is 3.12. The molecular formula is C13H14N6O3. The van der Waals surface area contributed by atoms with Crippen molar-refractivity contribution in [2.24, 2.45) is 0 Å². The number of imidazole rings is 1. The summed E-state index contributed by atoms with van der Waals surface area (Å²) < 4.78 is 1.75. The van der Waals surface area contributed by atoms with Crippen LogP contribution in [0.3, 0.4) is 0 Å². The molecule has 0 saturated carbocycles. The lowest BCUT2D eigenvalue weighted by Crippen LogP contribution is -2.34. The first-order chi connectivity index (χ1) is 10.4. The summed E-state index contributed by atoms with van der Waals surface area (Å²) in [6, 6.07) is 0. The Morgan fingerprint density at radius 3 is 2.36 bits per heavy atom. The van der Waals surface area contributed by atoms with Crippen LogP contribution in [0.25, 0.3) is 11.2 Å². The molecule has 3 rings (SSSR count). The van der Waals surface area contributed by atoms with Crippen LogP contribution in [0.15, 0.2) is 6.33 Å². The predicted octanol–water partition coefficient (Wildman–Crippen LogP) is 0.0922. The number of aromatic nitrogens is 4. The number of fused-ring (bicyclic) bond motifs is 3. The van der Waals surface area contributed by atoms with Crippen molar-refractivity contribution in [3.8, 4) is 0 Å². The molecule has 9 heteroatoms. The summed E-state index contributed by atoms with van der Waals surface area (Å²) in [6.45, 7) is 5.04. The Hall–Kier alpha value is -2.84. The zero-order valence-corrected chi connectivity index (χ0v) is 12.4. The Labute approximate surface area is 125 Å². The molecule has 0 aliphatic carbocycles. The van der Waals surface area contributed by atoms with Gasteiger partial charge in [-0.1, -0.05) is 0 Å². The third kappa shape index (κ3) is 1.93. The molecule has 1 aliphatic heterocycles. The number of carbonyl (C=O) groups is 3. The Morgan fingerprint density at radius 2 is 1.77 bits per heavy atom. The molecule has 9 nitrogen and oxygen atoms in total. The molecule has 3 heterocycles. The monoisotopic (exact) mass is 302 g/mol. The lowest BCUT2D eigenvalue weighted by atomic mass is 10.4. The minimum Gasteiger partial charge on any atom is -0.303 e. The first kappa shape index (κ1) is 14.1. The molecule has 3 amide bonds. The number of hydrogen-bond acceptors (Lipinski definition) is 6. The number of imide groups is 1. The summed E-state index contributed by atoms with van der Waals surface area (Å²) in [5.74, 6) is -0.363. The van der Waals surface area contributed by atoms with Crippen LogP contribution in [0, 0.1) is 0 Å². The summed E-state index contributed by atoms with van der Waals surface area (Å²) in [5.41, 5.74) is 0.824. The zero-order valence-electron chi connectivity index (χ0n) is 12.4. The molecule has 114 valence electrons. The van der Waals surface area contributed by atoms with E-state index in [9.17, 15) is 14.4 Å². The van der Waals surface area contributed by atoms with Gasteiger partial charge in [-0.3, -0.25) is 19.3 Å². The maximum Gasteiger partial charge on any atom is 0.231 e. The van der Waals surface area contributed by atoms with Crippen molar-refractivity contribution in [1.82, 2.24) is 19.5 Å². The molecule has 0 fully saturated rings. The highest BCUT2D eigenvalue weighted by Crippen LogP contribution is 2.31. The SMILES string of the molecule is CC(=O)N1CCn2c1nc1ncnc(N(C(C)=O)C(C)=O)c12. The number of hydrogen-bond donors (Lipinski definition) is 0. The third-order valence-corrected chi connectivity index (χ3v) is 3.51. The van der Waals surface area contributed by atoms with Crippen LogP contribution >= 0.6 is 0 Å². The molecule has 0 saturated heterocycles. The molecule has 0 N–H and O–H groups in total. The first-order valence-corrected chi connectivity index (χ1v) is 6.72. The van der Waals surface area contributed by atoms with Crippen LogP contribution in [0.1, 0.15) is 20.8 Å². The summed E-state index contributed by atoms with van der Waals surface area (Å²) in [4.78, 5) is 50.2. The molecule has 0 atom stereocenters. The highest BCUT2D eigenvalue weighted by molar-refractivity contribution is 6.16. The molecule has 2 aromatic rings. The number of rotatable bonds is 1. The van der Waals surface area contributed by atoms with Crippen molar-refractivity contribution in [1.29, 1.82) is 0 Å². The second-order valence-corrected chi connectivity index (χ2v) is 4.98. The van der Waals surface area contributed by atoms with Crippen molar-refractivity contribution < 1.29 is 14.4 Å². The first-order valence-electron chi connectivity index (χ1n) is 6.72. The smallest absolute Gasteiger partial charge is 0.231 e. The van der Waals surface area contributed by atoms with E-state index in [2.05, 4.69) is 15.0 Å². The maximum atomic E-state index is 11.8. The van der Waals surface area contributed by atoms with Crippen LogP contribution in [-0.4, -0.2) is 43.8 Å². The minimum absolute atomic E-state index is 0.126. The van der Waals surface area contributed by atoms with Crippen molar-refractivity contribution in [2.75, 3.05) is 16.3 Å². The Balaban J connectivity index is 2.26. The molecule has 22 heavy (non-hydrogen) atoms. The second-order valence-electron chi connectivity index (χ2n) is 4.98. The van der Waals surface area contributed by atoms with Crippen molar-refractivity contribution in [3.63, 3.8) is 0 Å². The predicted molar refractivity (Wildman–Crippen MR) is 77.2 cm³/mol. The average Bonchev–Trinajstić information content (AvgIpc) is 2.95. The van der Waals surface area contributed by atoms with Crippen molar-refractivity contribution >= 4 is 40.7 Å². The lowest BCUT2D eigenvalue weighted by molar-refractivity contribution is -0.124. The number of nitrogens with zero attached hydrogens (tertiary/aromatic N) is 6. The zero-order chi connectivity index (χ0) is 16.0. The van der Waals surface area contributed by atoms with E-state index in [1.165, 1.54) is 32.0 Å². The molecule has 0 bridgehead atoms. The van der Waals surface area contributed by atoms with Gasteiger partial charge in [0, 0.05) is 33.9 Å². The average molecular weight is 302 g/mol. The topological polar surface area (TPSA) is 101 Å². The molecule has 0 radical (unpaired) electrons. The second kappa shape index (κ2) is 4.86. The van der Waals surface area contributed by atoms with Gasteiger partial charge >= 0.3 is 0 Å². The van der Waals surface area contributed by atoms with E-state index in [0.29, 0.717) is 30.2 Å². The normalized spacial score (nSPS) is 13.3. The van der Waals surface area contributed by atoms with E-state index in [4.69, 9.17) is 0 Å². The Morgan fingerprint density at radius 1 is 1.09 bits per heavy atom. The van der Waals surface area contributed by atoms with Crippen LogP contribution in [0.2, 0.25) is 0 Å². The molecule has 0 spiro atoms.